The number of unbranched alkanes of at least 4 members (excludes halogenated alkanes) is 2. The van der Waals surface area contributed by atoms with Crippen LogP contribution in [-0.4, -0.2) is 23.8 Å². The second kappa shape index (κ2) is 7.56. The van der Waals surface area contributed by atoms with Crippen LogP contribution in [0.3, 0.4) is 0 Å². The molecule has 0 amide bonds. The molecule has 0 saturated carbocycles. The number of rotatable bonds is 7. The quantitative estimate of drug-likeness (QED) is 0.577. The van der Waals surface area contributed by atoms with Gasteiger partial charge in [0.25, 0.3) is 0 Å². The summed E-state index contributed by atoms with van der Waals surface area (Å²) in [7, 11) is 0. The van der Waals surface area contributed by atoms with Crippen molar-refractivity contribution in [2.24, 2.45) is 0 Å². The van der Waals surface area contributed by atoms with Crippen LogP contribution in [0.15, 0.2) is 0 Å². The third-order valence-corrected chi connectivity index (χ3v) is 2.00. The van der Waals surface area contributed by atoms with Crippen molar-refractivity contribution < 1.29 is 5.11 Å². The summed E-state index contributed by atoms with van der Waals surface area (Å²) < 4.78 is 0. The monoisotopic (exact) mass is 173 g/mol. The summed E-state index contributed by atoms with van der Waals surface area (Å²) in [5.41, 5.74) is 0. The zero-order chi connectivity index (χ0) is 9.40. The van der Waals surface area contributed by atoms with Crippen LogP contribution >= 0.6 is 0 Å². The first-order valence-electron chi connectivity index (χ1n) is 5.08. The van der Waals surface area contributed by atoms with Crippen molar-refractivity contribution in [3.63, 3.8) is 0 Å². The lowest BCUT2D eigenvalue weighted by atomic mass is 10.1. The number of aliphatic hydroxyl groups is 1. The van der Waals surface area contributed by atoms with Crippen LogP contribution in [0.25, 0.3) is 0 Å². The lowest BCUT2D eigenvalue weighted by molar-refractivity contribution is 0.186. The molecule has 1 unspecified atom stereocenters. The van der Waals surface area contributed by atoms with Crippen LogP contribution in [0.5, 0.6) is 0 Å². The topological polar surface area (TPSA) is 32.3 Å². The minimum absolute atomic E-state index is 0.223. The van der Waals surface area contributed by atoms with Gasteiger partial charge in [0.15, 0.2) is 0 Å². The van der Waals surface area contributed by atoms with E-state index in [0.29, 0.717) is 12.6 Å². The summed E-state index contributed by atoms with van der Waals surface area (Å²) in [6, 6.07) is 0.547. The zero-order valence-corrected chi connectivity index (χ0v) is 8.64. The molecule has 0 aromatic carbocycles. The maximum Gasteiger partial charge on any atom is 0.0636 e. The van der Waals surface area contributed by atoms with Crippen molar-refractivity contribution in [2.75, 3.05) is 6.54 Å². The van der Waals surface area contributed by atoms with E-state index in [1.54, 1.807) is 0 Å². The van der Waals surface area contributed by atoms with Gasteiger partial charge in [-0.3, -0.25) is 0 Å². The predicted octanol–water partition coefficient (Wildman–Crippen LogP) is 1.93. The molecule has 0 radical (unpaired) electrons. The Morgan fingerprint density at radius 1 is 1.25 bits per heavy atom. The fourth-order valence-electron chi connectivity index (χ4n) is 1.17. The number of hydrogen-bond acceptors (Lipinski definition) is 2. The first kappa shape index (κ1) is 11.9. The van der Waals surface area contributed by atoms with E-state index in [1.165, 1.54) is 25.7 Å². The minimum Gasteiger partial charge on any atom is -0.392 e. The largest absolute Gasteiger partial charge is 0.392 e. The van der Waals surface area contributed by atoms with Gasteiger partial charge in [0, 0.05) is 12.6 Å². The van der Waals surface area contributed by atoms with Crippen molar-refractivity contribution >= 4 is 0 Å². The minimum atomic E-state index is -0.223. The van der Waals surface area contributed by atoms with E-state index in [4.69, 9.17) is 5.11 Å². The summed E-state index contributed by atoms with van der Waals surface area (Å²) in [4.78, 5) is 0. The smallest absolute Gasteiger partial charge is 0.0636 e. The molecule has 74 valence electrons. The lowest BCUT2D eigenvalue weighted by Crippen LogP contribution is -2.32. The summed E-state index contributed by atoms with van der Waals surface area (Å²) in [6.45, 7) is 6.92. The second-order valence-corrected chi connectivity index (χ2v) is 3.65. The van der Waals surface area contributed by atoms with E-state index < -0.39 is 0 Å². The molecule has 0 aliphatic carbocycles. The zero-order valence-electron chi connectivity index (χ0n) is 8.64. The molecule has 0 fully saturated rings. The molecule has 0 bridgehead atoms. The van der Waals surface area contributed by atoms with Crippen molar-refractivity contribution in [2.45, 2.75) is 58.6 Å². The molecular formula is C10H23NO. The highest BCUT2D eigenvalue weighted by Gasteiger charge is 2.01. The summed E-state index contributed by atoms with van der Waals surface area (Å²) in [5, 5.41) is 12.3. The van der Waals surface area contributed by atoms with E-state index in [9.17, 15) is 0 Å². The van der Waals surface area contributed by atoms with E-state index in [1.807, 2.05) is 6.92 Å². The van der Waals surface area contributed by atoms with Crippen LogP contribution in [0, 0.1) is 0 Å². The van der Waals surface area contributed by atoms with Gasteiger partial charge < -0.3 is 10.4 Å². The third-order valence-electron chi connectivity index (χ3n) is 2.00. The van der Waals surface area contributed by atoms with Gasteiger partial charge in [-0.1, -0.05) is 26.2 Å². The molecule has 2 heteroatoms. The molecule has 0 saturated heterocycles. The molecule has 0 aliphatic heterocycles. The van der Waals surface area contributed by atoms with Crippen molar-refractivity contribution in [1.29, 1.82) is 0 Å². The van der Waals surface area contributed by atoms with Crippen LogP contribution in [-0.2, 0) is 0 Å². The van der Waals surface area contributed by atoms with Crippen LogP contribution in [0.4, 0.5) is 0 Å². The SMILES string of the molecule is CCCCCC(C)NC[C@H](C)O. The van der Waals surface area contributed by atoms with Gasteiger partial charge in [0.1, 0.15) is 0 Å². The molecular weight excluding hydrogens is 150 g/mol. The molecule has 0 aromatic rings. The molecule has 0 spiro atoms. The molecule has 2 atom stereocenters. The number of nitrogens with one attached hydrogen (secondary N) is 1. The summed E-state index contributed by atoms with van der Waals surface area (Å²) in [5.74, 6) is 0. The van der Waals surface area contributed by atoms with E-state index >= 15 is 0 Å². The van der Waals surface area contributed by atoms with E-state index in [2.05, 4.69) is 19.2 Å². The third kappa shape index (κ3) is 8.02. The van der Waals surface area contributed by atoms with Gasteiger partial charge in [-0.2, -0.15) is 0 Å². The Morgan fingerprint density at radius 2 is 1.92 bits per heavy atom. The van der Waals surface area contributed by atoms with Crippen LogP contribution in [0.2, 0.25) is 0 Å². The van der Waals surface area contributed by atoms with Crippen molar-refractivity contribution in [1.82, 2.24) is 5.32 Å². The average Bonchev–Trinajstić information content (AvgIpc) is 2.01. The van der Waals surface area contributed by atoms with Gasteiger partial charge >= 0.3 is 0 Å². The number of hydrogen-bond donors (Lipinski definition) is 2. The number of aliphatic hydroxyl groups excluding tert-OH is 1. The highest BCUT2D eigenvalue weighted by molar-refractivity contribution is 4.62. The standard InChI is InChI=1S/C10H23NO/c1-4-5-6-7-9(2)11-8-10(3)12/h9-12H,4-8H2,1-3H3/t9?,10-/m0/s1. The lowest BCUT2D eigenvalue weighted by Gasteiger charge is -2.14. The molecule has 0 aromatic heterocycles. The Balaban J connectivity index is 3.15. The molecule has 2 N–H and O–H groups in total. The molecule has 0 heterocycles. The van der Waals surface area contributed by atoms with Gasteiger partial charge in [-0.15, -0.1) is 0 Å². The fraction of sp³-hybridized carbons (Fsp3) is 1.00. The highest BCUT2D eigenvalue weighted by atomic mass is 16.3. The highest BCUT2D eigenvalue weighted by Crippen LogP contribution is 2.02. The Hall–Kier alpha value is -0.0800. The molecule has 0 aliphatic rings. The maximum atomic E-state index is 9.01. The van der Waals surface area contributed by atoms with Crippen molar-refractivity contribution in [3.8, 4) is 0 Å². The van der Waals surface area contributed by atoms with E-state index in [-0.39, 0.29) is 6.10 Å². The van der Waals surface area contributed by atoms with Gasteiger partial charge in [-0.25, -0.2) is 0 Å². The van der Waals surface area contributed by atoms with Gasteiger partial charge in [0.2, 0.25) is 0 Å². The Labute approximate surface area is 76.4 Å². The summed E-state index contributed by atoms with van der Waals surface area (Å²) >= 11 is 0. The van der Waals surface area contributed by atoms with Crippen LogP contribution < -0.4 is 5.32 Å². The van der Waals surface area contributed by atoms with E-state index in [0.717, 1.165) is 0 Å². The second-order valence-electron chi connectivity index (χ2n) is 3.65. The Bertz CT molecular complexity index is 93.8. The van der Waals surface area contributed by atoms with Gasteiger partial charge in [-0.05, 0) is 20.3 Å². The fourth-order valence-corrected chi connectivity index (χ4v) is 1.17. The summed E-state index contributed by atoms with van der Waals surface area (Å²) in [6.07, 6.45) is 4.90. The Kier molecular flexibility index (Phi) is 7.51. The Morgan fingerprint density at radius 3 is 2.42 bits per heavy atom. The molecule has 2 nitrogen and oxygen atoms in total. The first-order valence-corrected chi connectivity index (χ1v) is 5.08. The van der Waals surface area contributed by atoms with Gasteiger partial charge in [0.05, 0.1) is 6.10 Å². The molecule has 0 rings (SSSR count). The average molecular weight is 173 g/mol. The molecule has 12 heavy (non-hydrogen) atoms. The van der Waals surface area contributed by atoms with Crippen LogP contribution in [0.1, 0.15) is 46.5 Å². The predicted molar refractivity (Wildman–Crippen MR) is 53.3 cm³/mol. The maximum absolute atomic E-state index is 9.01. The van der Waals surface area contributed by atoms with Crippen molar-refractivity contribution in [3.05, 3.63) is 0 Å². The first-order chi connectivity index (χ1) is 5.66. The normalized spacial score (nSPS) is 16.0.